The predicted octanol–water partition coefficient (Wildman–Crippen LogP) is -0.334. The van der Waals surface area contributed by atoms with Crippen LogP contribution in [0.3, 0.4) is 0 Å². The third-order valence-corrected chi connectivity index (χ3v) is 1.06. The van der Waals surface area contributed by atoms with Gasteiger partial charge in [-0.3, -0.25) is 4.79 Å². The lowest BCUT2D eigenvalue weighted by Crippen LogP contribution is -2.35. The predicted molar refractivity (Wildman–Crippen MR) is 28.1 cm³/mol. The number of hydrogen-bond donors (Lipinski definition) is 2. The number of rotatable bonds is 2. The van der Waals surface area contributed by atoms with Gasteiger partial charge in [-0.25, -0.2) is 0 Å². The van der Waals surface area contributed by atoms with E-state index in [1.54, 1.807) is 0 Å². The zero-order chi connectivity index (χ0) is 6.78. The molecule has 8 heavy (non-hydrogen) atoms. The highest BCUT2D eigenvalue weighted by Crippen LogP contribution is 2.04. The maximum Gasteiger partial charge on any atom is 0.223 e. The quantitative estimate of drug-likeness (QED) is 0.488. The molecule has 0 rings (SSSR count). The summed E-state index contributed by atoms with van der Waals surface area (Å²) in [5.41, 5.74) is 0. The lowest BCUT2D eigenvalue weighted by molar-refractivity contribution is -0.181. The fraction of sp³-hybridized carbons (Fsp3) is 0.800. The van der Waals surface area contributed by atoms with Gasteiger partial charge in [0.2, 0.25) is 5.79 Å². The van der Waals surface area contributed by atoms with Crippen LogP contribution in [0, 0.1) is 0 Å². The zero-order valence-corrected chi connectivity index (χ0v) is 5.01. The fourth-order valence-electron chi connectivity index (χ4n) is 0.249. The Labute approximate surface area is 47.9 Å². The van der Waals surface area contributed by atoms with Gasteiger partial charge in [-0.2, -0.15) is 0 Å². The average Bonchev–Trinajstić information content (AvgIpc) is 1.67. The van der Waals surface area contributed by atoms with Crippen molar-refractivity contribution < 1.29 is 15.0 Å². The second kappa shape index (κ2) is 2.24. The second-order valence-corrected chi connectivity index (χ2v) is 1.73. The van der Waals surface area contributed by atoms with Crippen LogP contribution in [0.2, 0.25) is 0 Å². The van der Waals surface area contributed by atoms with Gasteiger partial charge < -0.3 is 10.2 Å². The molecule has 0 aromatic heterocycles. The molecule has 0 unspecified atom stereocenters. The van der Waals surface area contributed by atoms with E-state index < -0.39 is 11.6 Å². The summed E-state index contributed by atoms with van der Waals surface area (Å²) in [6.45, 7) is 2.67. The third-order valence-electron chi connectivity index (χ3n) is 1.06. The summed E-state index contributed by atoms with van der Waals surface area (Å²) in [6.07, 6.45) is 0.0440. The summed E-state index contributed by atoms with van der Waals surface area (Å²) in [7, 11) is 0. The molecule has 0 spiro atoms. The van der Waals surface area contributed by atoms with E-state index in [2.05, 4.69) is 0 Å². The summed E-state index contributed by atoms with van der Waals surface area (Å²) in [4.78, 5) is 10.2. The molecule has 0 aliphatic carbocycles. The van der Waals surface area contributed by atoms with Gasteiger partial charge >= 0.3 is 0 Å². The van der Waals surface area contributed by atoms with Gasteiger partial charge in [0.1, 0.15) is 0 Å². The lowest BCUT2D eigenvalue weighted by Gasteiger charge is -2.13. The molecule has 3 heteroatoms. The lowest BCUT2D eigenvalue weighted by atomic mass is 10.1. The van der Waals surface area contributed by atoms with Crippen LogP contribution in [-0.2, 0) is 4.79 Å². The van der Waals surface area contributed by atoms with E-state index in [4.69, 9.17) is 10.2 Å². The molecule has 0 atom stereocenters. The molecule has 0 bridgehead atoms. The summed E-state index contributed by atoms with van der Waals surface area (Å²) < 4.78 is 0. The topological polar surface area (TPSA) is 57.5 Å². The summed E-state index contributed by atoms with van der Waals surface area (Å²) in [5.74, 6) is -2.71. The monoisotopic (exact) mass is 118 g/mol. The second-order valence-electron chi connectivity index (χ2n) is 1.73. The van der Waals surface area contributed by atoms with E-state index in [1.807, 2.05) is 0 Å². The Morgan fingerprint density at radius 1 is 1.62 bits per heavy atom. The van der Waals surface area contributed by atoms with Crippen molar-refractivity contribution in [3.8, 4) is 0 Å². The number of carbonyl (C=O) groups excluding carboxylic acids is 1. The normalized spacial score (nSPS) is 11.5. The molecular weight excluding hydrogens is 108 g/mol. The maximum absolute atomic E-state index is 10.2. The molecule has 0 saturated carbocycles. The van der Waals surface area contributed by atoms with Gasteiger partial charge in [0.25, 0.3) is 0 Å². The largest absolute Gasteiger partial charge is 0.360 e. The van der Waals surface area contributed by atoms with Crippen LogP contribution in [0.5, 0.6) is 0 Å². The minimum absolute atomic E-state index is 0.0440. The molecule has 0 aromatic rings. The van der Waals surface area contributed by atoms with E-state index >= 15 is 0 Å². The molecule has 0 fully saturated rings. The maximum atomic E-state index is 10.2. The minimum Gasteiger partial charge on any atom is -0.360 e. The van der Waals surface area contributed by atoms with Crippen LogP contribution in [0.1, 0.15) is 20.3 Å². The Balaban J connectivity index is 3.91. The Hall–Kier alpha value is -0.410. The van der Waals surface area contributed by atoms with Gasteiger partial charge in [0.15, 0.2) is 5.78 Å². The van der Waals surface area contributed by atoms with E-state index in [-0.39, 0.29) is 6.42 Å². The Morgan fingerprint density at radius 2 is 2.00 bits per heavy atom. The molecule has 0 radical (unpaired) electrons. The van der Waals surface area contributed by atoms with Crippen molar-refractivity contribution in [3.63, 3.8) is 0 Å². The molecule has 48 valence electrons. The number of carbonyl (C=O) groups is 1. The average molecular weight is 118 g/mol. The summed E-state index contributed by atoms with van der Waals surface area (Å²) in [6, 6.07) is 0. The van der Waals surface area contributed by atoms with Crippen LogP contribution >= 0.6 is 0 Å². The number of Topliss-reactive ketones (excluding diaryl/α,β-unsaturated/α-hetero) is 1. The van der Waals surface area contributed by atoms with Crippen molar-refractivity contribution in [2.45, 2.75) is 26.1 Å². The number of aliphatic hydroxyl groups is 2. The van der Waals surface area contributed by atoms with E-state index in [0.29, 0.717) is 0 Å². The Bertz CT molecular complexity index is 95.8. The first-order chi connectivity index (χ1) is 3.50. The van der Waals surface area contributed by atoms with Gasteiger partial charge in [0.05, 0.1) is 0 Å². The van der Waals surface area contributed by atoms with Crippen molar-refractivity contribution in [1.82, 2.24) is 0 Å². The summed E-state index contributed by atoms with van der Waals surface area (Å²) >= 11 is 0. The minimum atomic E-state index is -2.10. The van der Waals surface area contributed by atoms with Crippen LogP contribution in [0.15, 0.2) is 0 Å². The first kappa shape index (κ1) is 7.59. The van der Waals surface area contributed by atoms with Gasteiger partial charge in [-0.15, -0.1) is 0 Å². The van der Waals surface area contributed by atoms with Crippen LogP contribution in [0.25, 0.3) is 0 Å². The highest BCUT2D eigenvalue weighted by Gasteiger charge is 2.25. The SMILES string of the molecule is CCC(O)(O)C(C)=O. The summed E-state index contributed by atoms with van der Waals surface area (Å²) in [5, 5.41) is 17.2. The smallest absolute Gasteiger partial charge is 0.223 e. The number of ketones is 1. The third kappa shape index (κ3) is 1.60. The first-order valence-electron chi connectivity index (χ1n) is 2.46. The van der Waals surface area contributed by atoms with Gasteiger partial charge in [-0.1, -0.05) is 6.92 Å². The van der Waals surface area contributed by atoms with Crippen LogP contribution in [-0.4, -0.2) is 21.8 Å². The molecule has 0 heterocycles. The molecule has 0 amide bonds. The highest BCUT2D eigenvalue weighted by atomic mass is 16.5. The van der Waals surface area contributed by atoms with Crippen molar-refractivity contribution >= 4 is 5.78 Å². The molecule has 0 aliphatic heterocycles. The Morgan fingerprint density at radius 3 is 2.00 bits per heavy atom. The highest BCUT2D eigenvalue weighted by molar-refractivity contribution is 5.82. The van der Waals surface area contributed by atoms with Crippen LogP contribution < -0.4 is 0 Å². The van der Waals surface area contributed by atoms with E-state index in [9.17, 15) is 4.79 Å². The van der Waals surface area contributed by atoms with Crippen molar-refractivity contribution in [1.29, 1.82) is 0 Å². The van der Waals surface area contributed by atoms with E-state index in [1.165, 1.54) is 6.92 Å². The molecule has 0 aliphatic rings. The molecular formula is C5H10O3. The number of hydrogen-bond acceptors (Lipinski definition) is 3. The molecule has 2 N–H and O–H groups in total. The first-order valence-corrected chi connectivity index (χ1v) is 2.46. The zero-order valence-electron chi connectivity index (χ0n) is 5.01. The van der Waals surface area contributed by atoms with E-state index in [0.717, 1.165) is 6.92 Å². The standard InChI is InChI=1S/C5H10O3/c1-3-5(7,8)4(2)6/h7-8H,3H2,1-2H3. The molecule has 0 aromatic carbocycles. The molecule has 0 saturated heterocycles. The van der Waals surface area contributed by atoms with Crippen LogP contribution in [0.4, 0.5) is 0 Å². The van der Waals surface area contributed by atoms with Crippen molar-refractivity contribution in [2.24, 2.45) is 0 Å². The molecule has 3 nitrogen and oxygen atoms in total. The Kier molecular flexibility index (Phi) is 2.12. The fourth-order valence-corrected chi connectivity index (χ4v) is 0.249. The van der Waals surface area contributed by atoms with Crippen molar-refractivity contribution in [3.05, 3.63) is 0 Å². The van der Waals surface area contributed by atoms with Gasteiger partial charge in [0, 0.05) is 13.3 Å². The van der Waals surface area contributed by atoms with Gasteiger partial charge in [-0.05, 0) is 0 Å². The van der Waals surface area contributed by atoms with Crippen molar-refractivity contribution in [2.75, 3.05) is 0 Å².